The highest BCUT2D eigenvalue weighted by molar-refractivity contribution is 8.00. The van der Waals surface area contributed by atoms with Gasteiger partial charge in [-0.25, -0.2) is 0 Å². The van der Waals surface area contributed by atoms with Crippen molar-refractivity contribution in [2.24, 2.45) is 5.92 Å². The van der Waals surface area contributed by atoms with Gasteiger partial charge in [-0.1, -0.05) is 45.4 Å². The maximum atomic E-state index is 10.5. The zero-order chi connectivity index (χ0) is 18.7. The van der Waals surface area contributed by atoms with E-state index in [1.807, 2.05) is 18.7 Å². The predicted octanol–water partition coefficient (Wildman–Crippen LogP) is 4.62. The number of unbranched alkanes of at least 4 members (excludes halogenated alkanes) is 5. The molecule has 25 heavy (non-hydrogen) atoms. The smallest absolute Gasteiger partial charge is 0.303 e. The molecule has 3 N–H and O–H groups in total. The Balaban J connectivity index is 2.27. The molecule has 0 saturated heterocycles. The van der Waals surface area contributed by atoms with E-state index >= 15 is 0 Å². The second-order valence-corrected chi connectivity index (χ2v) is 9.19. The van der Waals surface area contributed by atoms with Crippen LogP contribution in [-0.4, -0.2) is 44.0 Å². The fraction of sp³-hybridized carbons (Fsp3) is 0.950. The molecule has 0 aromatic carbocycles. The number of aliphatic carboxylic acids is 1. The van der Waals surface area contributed by atoms with Gasteiger partial charge in [0.15, 0.2) is 0 Å². The zero-order valence-corrected chi connectivity index (χ0v) is 16.9. The zero-order valence-electron chi connectivity index (χ0n) is 16.1. The fourth-order valence-corrected chi connectivity index (χ4v) is 5.31. The maximum Gasteiger partial charge on any atom is 0.303 e. The van der Waals surface area contributed by atoms with E-state index in [0.717, 1.165) is 63.5 Å². The van der Waals surface area contributed by atoms with Crippen molar-refractivity contribution in [3.63, 3.8) is 0 Å². The summed E-state index contributed by atoms with van der Waals surface area (Å²) in [4.78, 5) is 10.5. The summed E-state index contributed by atoms with van der Waals surface area (Å²) in [6, 6.07) is 0. The lowest BCUT2D eigenvalue weighted by molar-refractivity contribution is -0.137. The summed E-state index contributed by atoms with van der Waals surface area (Å²) < 4.78 is 0. The molecule has 4 nitrogen and oxygen atoms in total. The van der Waals surface area contributed by atoms with Crippen LogP contribution in [0.4, 0.5) is 0 Å². The lowest BCUT2D eigenvalue weighted by Gasteiger charge is -2.27. The Morgan fingerprint density at radius 3 is 2.52 bits per heavy atom. The van der Waals surface area contributed by atoms with Gasteiger partial charge in [-0.3, -0.25) is 4.79 Å². The van der Waals surface area contributed by atoms with Crippen LogP contribution < -0.4 is 0 Å². The lowest BCUT2D eigenvalue weighted by Crippen LogP contribution is -2.30. The first kappa shape index (κ1) is 22.8. The Bertz CT molecular complexity index is 373. The van der Waals surface area contributed by atoms with Crippen LogP contribution in [0.5, 0.6) is 0 Å². The average molecular weight is 375 g/mol. The number of rotatable bonds is 14. The molecule has 1 aliphatic rings. The molecule has 0 amide bonds. The van der Waals surface area contributed by atoms with Gasteiger partial charge in [-0.15, -0.1) is 0 Å². The van der Waals surface area contributed by atoms with Crippen LogP contribution in [-0.2, 0) is 4.79 Å². The minimum Gasteiger partial charge on any atom is -0.481 e. The molecule has 1 aliphatic carbocycles. The van der Waals surface area contributed by atoms with Gasteiger partial charge in [0.25, 0.3) is 0 Å². The third-order valence-corrected chi connectivity index (χ3v) is 7.13. The molecule has 5 heteroatoms. The lowest BCUT2D eigenvalue weighted by atomic mass is 9.97. The topological polar surface area (TPSA) is 77.8 Å². The number of carboxylic acids is 1. The molecular weight excluding hydrogens is 336 g/mol. The Morgan fingerprint density at radius 1 is 1.12 bits per heavy atom. The molecule has 0 radical (unpaired) electrons. The van der Waals surface area contributed by atoms with Crippen LogP contribution in [0.25, 0.3) is 0 Å². The van der Waals surface area contributed by atoms with E-state index in [4.69, 9.17) is 5.11 Å². The highest BCUT2D eigenvalue weighted by Gasteiger charge is 2.36. The van der Waals surface area contributed by atoms with E-state index in [-0.39, 0.29) is 12.5 Å². The molecule has 0 heterocycles. The minimum atomic E-state index is -0.714. The summed E-state index contributed by atoms with van der Waals surface area (Å²) in [5.41, 5.74) is -0.602. The molecule has 1 fully saturated rings. The van der Waals surface area contributed by atoms with Crippen molar-refractivity contribution in [2.45, 2.75) is 108 Å². The fourth-order valence-electron chi connectivity index (χ4n) is 3.72. The van der Waals surface area contributed by atoms with E-state index in [1.54, 1.807) is 0 Å². The Morgan fingerprint density at radius 2 is 1.84 bits per heavy atom. The standard InChI is InChI=1S/C20H38O4S/c1-3-4-9-14-20(2,24)15-25-18-13-12-17(21)16(18)10-7-5-6-8-11-19(22)23/h16-18,21,24H,3-15H2,1-2H3,(H,22,23). The number of thioether (sulfide) groups is 1. The molecular formula is C20H38O4S. The monoisotopic (exact) mass is 374 g/mol. The molecule has 4 unspecified atom stereocenters. The summed E-state index contributed by atoms with van der Waals surface area (Å²) >= 11 is 1.85. The Labute approximate surface area is 157 Å². The number of aliphatic hydroxyl groups is 2. The van der Waals surface area contributed by atoms with E-state index < -0.39 is 11.6 Å². The van der Waals surface area contributed by atoms with Crippen molar-refractivity contribution in [3.05, 3.63) is 0 Å². The molecule has 0 aromatic heterocycles. The van der Waals surface area contributed by atoms with Gasteiger partial charge < -0.3 is 15.3 Å². The van der Waals surface area contributed by atoms with Crippen LogP contribution in [0.1, 0.15) is 90.9 Å². The second kappa shape index (κ2) is 12.2. The minimum absolute atomic E-state index is 0.207. The van der Waals surface area contributed by atoms with Gasteiger partial charge >= 0.3 is 5.97 Å². The summed E-state index contributed by atoms with van der Waals surface area (Å²) in [5, 5.41) is 29.9. The van der Waals surface area contributed by atoms with Gasteiger partial charge in [0.2, 0.25) is 0 Å². The van der Waals surface area contributed by atoms with Crippen LogP contribution in [0.3, 0.4) is 0 Å². The quantitative estimate of drug-likeness (QED) is 0.387. The first-order valence-corrected chi connectivity index (χ1v) is 11.1. The summed E-state index contributed by atoms with van der Waals surface area (Å²) in [7, 11) is 0. The van der Waals surface area contributed by atoms with Gasteiger partial charge in [0.1, 0.15) is 0 Å². The first-order valence-electron chi connectivity index (χ1n) is 10.1. The summed E-state index contributed by atoms with van der Waals surface area (Å²) in [6.45, 7) is 4.12. The molecule has 0 aromatic rings. The number of hydrogen-bond donors (Lipinski definition) is 3. The normalized spacial score (nSPS) is 25.8. The number of carbonyl (C=O) groups is 1. The van der Waals surface area contributed by atoms with E-state index in [2.05, 4.69) is 6.92 Å². The molecule has 0 aliphatic heterocycles. The number of aliphatic hydroxyl groups excluding tert-OH is 1. The van der Waals surface area contributed by atoms with Crippen molar-refractivity contribution < 1.29 is 20.1 Å². The van der Waals surface area contributed by atoms with Gasteiger partial charge in [-0.05, 0) is 44.9 Å². The van der Waals surface area contributed by atoms with Crippen LogP contribution in [0.15, 0.2) is 0 Å². The van der Waals surface area contributed by atoms with E-state index in [1.165, 1.54) is 12.8 Å². The third-order valence-electron chi connectivity index (χ3n) is 5.32. The van der Waals surface area contributed by atoms with E-state index in [9.17, 15) is 15.0 Å². The van der Waals surface area contributed by atoms with Gasteiger partial charge in [-0.2, -0.15) is 11.8 Å². The van der Waals surface area contributed by atoms with Crippen molar-refractivity contribution in [1.82, 2.24) is 0 Å². The Hall–Kier alpha value is -0.260. The predicted molar refractivity (Wildman–Crippen MR) is 105 cm³/mol. The molecule has 148 valence electrons. The number of hydrogen-bond acceptors (Lipinski definition) is 4. The molecule has 1 saturated carbocycles. The van der Waals surface area contributed by atoms with Crippen LogP contribution in [0, 0.1) is 5.92 Å². The summed E-state index contributed by atoms with van der Waals surface area (Å²) in [5.74, 6) is 0.369. The Kier molecular flexibility index (Phi) is 11.1. The molecule has 4 atom stereocenters. The average Bonchev–Trinajstić information content (AvgIpc) is 2.89. The highest BCUT2D eigenvalue weighted by atomic mass is 32.2. The maximum absolute atomic E-state index is 10.5. The van der Waals surface area contributed by atoms with Crippen molar-refractivity contribution in [3.8, 4) is 0 Å². The molecule has 0 bridgehead atoms. The van der Waals surface area contributed by atoms with Crippen LogP contribution in [0.2, 0.25) is 0 Å². The molecule has 0 spiro atoms. The SMILES string of the molecule is CCCCCC(C)(O)CSC1CCC(O)C1CCCCCCC(=O)O. The van der Waals surface area contributed by atoms with Crippen LogP contribution >= 0.6 is 11.8 Å². The first-order chi connectivity index (χ1) is 11.9. The van der Waals surface area contributed by atoms with Gasteiger partial charge in [0, 0.05) is 17.4 Å². The van der Waals surface area contributed by atoms with Crippen molar-refractivity contribution in [1.29, 1.82) is 0 Å². The van der Waals surface area contributed by atoms with Crippen molar-refractivity contribution in [2.75, 3.05) is 5.75 Å². The largest absolute Gasteiger partial charge is 0.481 e. The summed E-state index contributed by atoms with van der Waals surface area (Å²) in [6.07, 6.45) is 11.1. The highest BCUT2D eigenvalue weighted by Crippen LogP contribution is 2.40. The number of carboxylic acid groups (broad SMARTS) is 1. The van der Waals surface area contributed by atoms with Gasteiger partial charge in [0.05, 0.1) is 11.7 Å². The molecule has 1 rings (SSSR count). The van der Waals surface area contributed by atoms with E-state index in [0.29, 0.717) is 11.2 Å². The third kappa shape index (κ3) is 9.86. The van der Waals surface area contributed by atoms with Crippen molar-refractivity contribution >= 4 is 17.7 Å². The second-order valence-electron chi connectivity index (χ2n) is 7.96.